The lowest BCUT2D eigenvalue weighted by Crippen LogP contribution is -2.33. The molecule has 0 saturated carbocycles. The SMILES string of the molecule is CC(C)N(C)CCNCc1ccc(OC(F)F)cc1. The molecule has 0 atom stereocenters. The highest BCUT2D eigenvalue weighted by atomic mass is 19.3. The van der Waals surface area contributed by atoms with Crippen molar-refractivity contribution in [2.45, 2.75) is 33.0 Å². The summed E-state index contributed by atoms with van der Waals surface area (Å²) in [5.74, 6) is 0.193. The van der Waals surface area contributed by atoms with Gasteiger partial charge in [-0.3, -0.25) is 0 Å². The molecule has 0 aliphatic heterocycles. The molecule has 0 bridgehead atoms. The lowest BCUT2D eigenvalue weighted by Gasteiger charge is -2.20. The molecular weight excluding hydrogens is 250 g/mol. The fourth-order valence-corrected chi connectivity index (χ4v) is 1.54. The fraction of sp³-hybridized carbons (Fsp3) is 0.571. The molecule has 108 valence electrons. The minimum Gasteiger partial charge on any atom is -0.435 e. The monoisotopic (exact) mass is 272 g/mol. The zero-order chi connectivity index (χ0) is 14.3. The Kier molecular flexibility index (Phi) is 6.73. The highest BCUT2D eigenvalue weighted by Gasteiger charge is 2.04. The average Bonchev–Trinajstić information content (AvgIpc) is 2.35. The number of hydrogen-bond donors (Lipinski definition) is 1. The van der Waals surface area contributed by atoms with Gasteiger partial charge in [-0.05, 0) is 38.6 Å². The summed E-state index contributed by atoms with van der Waals surface area (Å²) in [6.07, 6.45) is 0. The molecule has 1 rings (SSSR count). The van der Waals surface area contributed by atoms with Gasteiger partial charge in [-0.25, -0.2) is 0 Å². The highest BCUT2D eigenvalue weighted by Crippen LogP contribution is 2.14. The van der Waals surface area contributed by atoms with Crippen LogP contribution >= 0.6 is 0 Å². The van der Waals surface area contributed by atoms with Gasteiger partial charge in [0, 0.05) is 25.7 Å². The largest absolute Gasteiger partial charge is 0.435 e. The quantitative estimate of drug-likeness (QED) is 0.736. The van der Waals surface area contributed by atoms with Gasteiger partial charge in [-0.15, -0.1) is 0 Å². The molecule has 19 heavy (non-hydrogen) atoms. The summed E-state index contributed by atoms with van der Waals surface area (Å²) in [6, 6.07) is 7.23. The van der Waals surface area contributed by atoms with Crippen LogP contribution in [0.5, 0.6) is 5.75 Å². The fourth-order valence-electron chi connectivity index (χ4n) is 1.54. The van der Waals surface area contributed by atoms with Gasteiger partial charge in [0.15, 0.2) is 0 Å². The normalized spacial score (nSPS) is 11.6. The van der Waals surface area contributed by atoms with E-state index in [1.54, 1.807) is 24.3 Å². The molecule has 3 nitrogen and oxygen atoms in total. The lowest BCUT2D eigenvalue weighted by molar-refractivity contribution is -0.0498. The van der Waals surface area contributed by atoms with E-state index >= 15 is 0 Å². The van der Waals surface area contributed by atoms with E-state index in [1.807, 2.05) is 0 Å². The van der Waals surface area contributed by atoms with E-state index in [4.69, 9.17) is 0 Å². The summed E-state index contributed by atoms with van der Waals surface area (Å²) in [4.78, 5) is 2.26. The van der Waals surface area contributed by atoms with E-state index in [0.717, 1.165) is 25.2 Å². The van der Waals surface area contributed by atoms with Crippen molar-refractivity contribution in [2.75, 3.05) is 20.1 Å². The van der Waals surface area contributed by atoms with E-state index in [2.05, 4.69) is 35.8 Å². The van der Waals surface area contributed by atoms with E-state index in [9.17, 15) is 8.78 Å². The second kappa shape index (κ2) is 8.07. The Morgan fingerprint density at radius 1 is 1.21 bits per heavy atom. The maximum absolute atomic E-state index is 12.0. The second-order valence-electron chi connectivity index (χ2n) is 4.77. The van der Waals surface area contributed by atoms with Crippen LogP contribution in [-0.2, 0) is 6.54 Å². The Morgan fingerprint density at radius 2 is 1.84 bits per heavy atom. The molecule has 0 aromatic heterocycles. The molecule has 0 aliphatic carbocycles. The third kappa shape index (κ3) is 6.50. The lowest BCUT2D eigenvalue weighted by atomic mass is 10.2. The van der Waals surface area contributed by atoms with E-state index in [1.165, 1.54) is 0 Å². The van der Waals surface area contributed by atoms with Crippen molar-refractivity contribution >= 4 is 0 Å². The van der Waals surface area contributed by atoms with Crippen LogP contribution in [0.1, 0.15) is 19.4 Å². The molecule has 0 amide bonds. The average molecular weight is 272 g/mol. The van der Waals surface area contributed by atoms with Gasteiger partial charge in [0.05, 0.1) is 0 Å². The molecule has 0 unspecified atom stereocenters. The number of benzene rings is 1. The van der Waals surface area contributed by atoms with Gasteiger partial charge < -0.3 is 15.0 Å². The third-order valence-electron chi connectivity index (χ3n) is 3.00. The molecule has 5 heteroatoms. The number of hydrogen-bond acceptors (Lipinski definition) is 3. The molecular formula is C14H22F2N2O. The Hall–Kier alpha value is -1.20. The molecule has 0 heterocycles. The van der Waals surface area contributed by atoms with Crippen molar-refractivity contribution in [1.29, 1.82) is 0 Å². The first-order valence-corrected chi connectivity index (χ1v) is 6.43. The number of ether oxygens (including phenoxy) is 1. The van der Waals surface area contributed by atoms with Crippen molar-refractivity contribution in [1.82, 2.24) is 10.2 Å². The predicted molar refractivity (Wildman–Crippen MR) is 72.5 cm³/mol. The summed E-state index contributed by atoms with van der Waals surface area (Å²) in [5.41, 5.74) is 1.05. The molecule has 0 spiro atoms. The standard InChI is InChI=1S/C14H22F2N2O/c1-11(2)18(3)9-8-17-10-12-4-6-13(7-5-12)19-14(15)16/h4-7,11,14,17H,8-10H2,1-3H3. The van der Waals surface area contributed by atoms with Crippen LogP contribution in [0.2, 0.25) is 0 Å². The van der Waals surface area contributed by atoms with Crippen LogP contribution in [0.3, 0.4) is 0 Å². The Bertz CT molecular complexity index is 355. The molecule has 1 aromatic carbocycles. The van der Waals surface area contributed by atoms with Gasteiger partial charge in [-0.2, -0.15) is 8.78 Å². The van der Waals surface area contributed by atoms with E-state index < -0.39 is 6.61 Å². The number of nitrogens with one attached hydrogen (secondary N) is 1. The molecule has 1 N–H and O–H groups in total. The van der Waals surface area contributed by atoms with E-state index in [0.29, 0.717) is 6.04 Å². The summed E-state index contributed by atoms with van der Waals surface area (Å²) in [6.45, 7) is 4.13. The van der Waals surface area contributed by atoms with Gasteiger partial charge in [0.1, 0.15) is 5.75 Å². The van der Waals surface area contributed by atoms with Crippen molar-refractivity contribution in [2.24, 2.45) is 0 Å². The second-order valence-corrected chi connectivity index (χ2v) is 4.77. The van der Waals surface area contributed by atoms with Crippen LogP contribution < -0.4 is 10.1 Å². The Morgan fingerprint density at radius 3 is 2.37 bits per heavy atom. The summed E-state index contributed by atoms with van der Waals surface area (Å²) < 4.78 is 28.2. The first-order valence-electron chi connectivity index (χ1n) is 6.43. The number of alkyl halides is 2. The first kappa shape index (κ1) is 15.9. The van der Waals surface area contributed by atoms with Crippen molar-refractivity contribution in [3.05, 3.63) is 29.8 Å². The predicted octanol–water partition coefficient (Wildman–Crippen LogP) is 2.72. The van der Waals surface area contributed by atoms with Crippen LogP contribution in [-0.4, -0.2) is 37.7 Å². The van der Waals surface area contributed by atoms with Crippen LogP contribution in [0.4, 0.5) is 8.78 Å². The maximum atomic E-state index is 12.0. The van der Waals surface area contributed by atoms with Crippen molar-refractivity contribution in [3.8, 4) is 5.75 Å². The van der Waals surface area contributed by atoms with Gasteiger partial charge in [0.2, 0.25) is 0 Å². The van der Waals surface area contributed by atoms with Crippen LogP contribution in [0.15, 0.2) is 24.3 Å². The zero-order valence-electron chi connectivity index (χ0n) is 11.7. The van der Waals surface area contributed by atoms with Crippen LogP contribution in [0.25, 0.3) is 0 Å². The Labute approximate surface area is 113 Å². The molecule has 0 fully saturated rings. The molecule has 0 aliphatic rings. The van der Waals surface area contributed by atoms with Crippen molar-refractivity contribution in [3.63, 3.8) is 0 Å². The summed E-state index contributed by atoms with van der Waals surface area (Å²) in [7, 11) is 2.09. The molecule has 1 aromatic rings. The van der Waals surface area contributed by atoms with Gasteiger partial charge >= 0.3 is 6.61 Å². The third-order valence-corrected chi connectivity index (χ3v) is 3.00. The number of halogens is 2. The maximum Gasteiger partial charge on any atom is 0.387 e. The zero-order valence-corrected chi connectivity index (χ0v) is 11.7. The number of rotatable bonds is 8. The van der Waals surface area contributed by atoms with Gasteiger partial charge in [-0.1, -0.05) is 12.1 Å². The first-order chi connectivity index (χ1) is 8.99. The highest BCUT2D eigenvalue weighted by molar-refractivity contribution is 5.27. The summed E-state index contributed by atoms with van der Waals surface area (Å²) >= 11 is 0. The Balaban J connectivity index is 2.26. The van der Waals surface area contributed by atoms with Crippen LogP contribution in [0, 0.1) is 0 Å². The number of nitrogens with zero attached hydrogens (tertiary/aromatic N) is 1. The molecule has 0 radical (unpaired) electrons. The smallest absolute Gasteiger partial charge is 0.387 e. The number of likely N-dealkylation sites (N-methyl/N-ethyl adjacent to an activating group) is 1. The van der Waals surface area contributed by atoms with Gasteiger partial charge in [0.25, 0.3) is 0 Å². The molecule has 0 saturated heterocycles. The topological polar surface area (TPSA) is 24.5 Å². The van der Waals surface area contributed by atoms with E-state index in [-0.39, 0.29) is 5.75 Å². The van der Waals surface area contributed by atoms with Crippen molar-refractivity contribution < 1.29 is 13.5 Å². The minimum absolute atomic E-state index is 0.193. The minimum atomic E-state index is -2.77. The summed E-state index contributed by atoms with van der Waals surface area (Å²) in [5, 5.41) is 3.32.